The number of aromatic nitrogens is 1. The lowest BCUT2D eigenvalue weighted by atomic mass is 10.2. The van der Waals surface area contributed by atoms with Crippen LogP contribution in [-0.4, -0.2) is 44.0 Å². The Morgan fingerprint density at radius 2 is 1.83 bits per heavy atom. The number of hydrogen-bond acceptors (Lipinski definition) is 5. The third-order valence-electron chi connectivity index (χ3n) is 3.88. The summed E-state index contributed by atoms with van der Waals surface area (Å²) in [5.74, 6) is 0. The fourth-order valence-corrected chi connectivity index (χ4v) is 4.77. The van der Waals surface area contributed by atoms with Crippen molar-refractivity contribution in [2.24, 2.45) is 0 Å². The number of morpholine rings is 1. The second kappa shape index (κ2) is 7.65. The lowest BCUT2D eigenvalue weighted by Crippen LogP contribution is -2.40. The van der Waals surface area contributed by atoms with Gasteiger partial charge in [0.2, 0.25) is 10.0 Å². The molecule has 0 amide bonds. The van der Waals surface area contributed by atoms with E-state index < -0.39 is 10.0 Å². The van der Waals surface area contributed by atoms with Gasteiger partial charge in [0.1, 0.15) is 4.90 Å². The van der Waals surface area contributed by atoms with Crippen LogP contribution in [0.15, 0.2) is 58.6 Å². The number of rotatable bonds is 5. The lowest BCUT2D eigenvalue weighted by molar-refractivity contribution is 0.0730. The summed E-state index contributed by atoms with van der Waals surface area (Å²) in [6.45, 7) is 3.78. The minimum Gasteiger partial charge on any atom is -0.379 e. The van der Waals surface area contributed by atoms with E-state index in [1.165, 1.54) is 16.1 Å². The lowest BCUT2D eigenvalue weighted by Gasteiger charge is -2.25. The highest BCUT2D eigenvalue weighted by atomic mass is 32.2. The average Bonchev–Trinajstić information content (AvgIpc) is 2.63. The number of thioether (sulfide) groups is 1. The van der Waals surface area contributed by atoms with Gasteiger partial charge in [0.25, 0.3) is 0 Å². The smallest absolute Gasteiger partial charge is 0.244 e. The quantitative estimate of drug-likeness (QED) is 0.764. The molecule has 0 unspecified atom stereocenters. The number of hydrogen-bond donors (Lipinski definition) is 0. The van der Waals surface area contributed by atoms with E-state index in [1.807, 2.05) is 18.2 Å². The Balaban J connectivity index is 1.71. The molecule has 128 valence electrons. The van der Waals surface area contributed by atoms with Crippen molar-refractivity contribution in [3.8, 4) is 0 Å². The predicted octanol–water partition coefficient (Wildman–Crippen LogP) is 2.96. The zero-order chi connectivity index (χ0) is 17.0. The molecule has 7 heteroatoms. The Morgan fingerprint density at radius 1 is 1.12 bits per heavy atom. The van der Waals surface area contributed by atoms with Crippen LogP contribution in [0, 0.1) is 0 Å². The predicted molar refractivity (Wildman–Crippen MR) is 94.5 cm³/mol. The van der Waals surface area contributed by atoms with E-state index in [0.717, 1.165) is 5.03 Å². The summed E-state index contributed by atoms with van der Waals surface area (Å²) in [4.78, 5) is 4.57. The Morgan fingerprint density at radius 3 is 2.46 bits per heavy atom. The topological polar surface area (TPSA) is 59.5 Å². The van der Waals surface area contributed by atoms with E-state index in [2.05, 4.69) is 24.0 Å². The minimum absolute atomic E-state index is 0.237. The van der Waals surface area contributed by atoms with Crippen LogP contribution in [0.2, 0.25) is 0 Å². The van der Waals surface area contributed by atoms with Crippen LogP contribution in [0.25, 0.3) is 0 Å². The normalized spacial score (nSPS) is 17.5. The SMILES string of the molecule is C[C@H](Sc1ccc(S(=O)(=O)N2CCOCC2)cn1)c1ccccc1. The molecule has 2 aromatic rings. The standard InChI is InChI=1S/C17H20N2O3S2/c1-14(15-5-3-2-4-6-15)23-17-8-7-16(13-18-17)24(20,21)19-9-11-22-12-10-19/h2-8,13-14H,9-12H2,1H3/t14-/m0/s1. The van der Waals surface area contributed by atoms with Gasteiger partial charge >= 0.3 is 0 Å². The van der Waals surface area contributed by atoms with Gasteiger partial charge in [-0.05, 0) is 24.6 Å². The maximum Gasteiger partial charge on any atom is 0.244 e. The first-order chi connectivity index (χ1) is 11.6. The van der Waals surface area contributed by atoms with Crippen molar-refractivity contribution in [3.63, 3.8) is 0 Å². The summed E-state index contributed by atoms with van der Waals surface area (Å²) in [7, 11) is -3.48. The van der Waals surface area contributed by atoms with E-state index in [9.17, 15) is 8.42 Å². The van der Waals surface area contributed by atoms with Gasteiger partial charge < -0.3 is 4.74 Å². The van der Waals surface area contributed by atoms with Gasteiger partial charge in [-0.2, -0.15) is 4.31 Å². The minimum atomic E-state index is -3.48. The Hall–Kier alpha value is -1.41. The summed E-state index contributed by atoms with van der Waals surface area (Å²) in [5, 5.41) is 1.06. The number of sulfonamides is 1. The molecule has 2 heterocycles. The highest BCUT2D eigenvalue weighted by molar-refractivity contribution is 7.99. The molecular weight excluding hydrogens is 344 g/mol. The second-order valence-electron chi connectivity index (χ2n) is 5.52. The van der Waals surface area contributed by atoms with Gasteiger partial charge in [0, 0.05) is 24.5 Å². The van der Waals surface area contributed by atoms with Gasteiger partial charge in [0.05, 0.1) is 18.2 Å². The highest BCUT2D eigenvalue weighted by Crippen LogP contribution is 2.33. The molecule has 0 N–H and O–H groups in total. The van der Waals surface area contributed by atoms with Crippen LogP contribution in [0.1, 0.15) is 17.7 Å². The molecule has 1 aliphatic rings. The van der Waals surface area contributed by atoms with Gasteiger partial charge in [0.15, 0.2) is 0 Å². The van der Waals surface area contributed by atoms with Gasteiger partial charge in [-0.15, -0.1) is 0 Å². The fourth-order valence-electron chi connectivity index (χ4n) is 2.50. The molecule has 1 saturated heterocycles. The third-order valence-corrected chi connectivity index (χ3v) is 6.87. The molecule has 1 aliphatic heterocycles. The largest absolute Gasteiger partial charge is 0.379 e. The van der Waals surface area contributed by atoms with E-state index in [-0.39, 0.29) is 10.1 Å². The van der Waals surface area contributed by atoms with Crippen LogP contribution in [0.4, 0.5) is 0 Å². The van der Waals surface area contributed by atoms with Crippen molar-refractivity contribution in [1.29, 1.82) is 0 Å². The number of ether oxygens (including phenoxy) is 1. The highest BCUT2D eigenvalue weighted by Gasteiger charge is 2.26. The number of benzene rings is 1. The van der Waals surface area contributed by atoms with Crippen molar-refractivity contribution in [2.75, 3.05) is 26.3 Å². The van der Waals surface area contributed by atoms with Crippen LogP contribution >= 0.6 is 11.8 Å². The van der Waals surface area contributed by atoms with Crippen LogP contribution in [0.5, 0.6) is 0 Å². The summed E-state index contributed by atoms with van der Waals surface area (Å²) >= 11 is 1.61. The molecule has 0 radical (unpaired) electrons. The van der Waals surface area contributed by atoms with Crippen molar-refractivity contribution < 1.29 is 13.2 Å². The first-order valence-corrected chi connectivity index (χ1v) is 10.1. The van der Waals surface area contributed by atoms with E-state index in [1.54, 1.807) is 23.9 Å². The van der Waals surface area contributed by atoms with Crippen LogP contribution in [0.3, 0.4) is 0 Å². The van der Waals surface area contributed by atoms with Gasteiger partial charge in [-0.3, -0.25) is 0 Å². The molecule has 5 nitrogen and oxygen atoms in total. The monoisotopic (exact) mass is 364 g/mol. The Labute approximate surface area is 147 Å². The van der Waals surface area contributed by atoms with Gasteiger partial charge in [-0.25, -0.2) is 13.4 Å². The van der Waals surface area contributed by atoms with E-state index in [0.29, 0.717) is 26.3 Å². The summed E-state index contributed by atoms with van der Waals surface area (Å²) in [6, 6.07) is 13.6. The van der Waals surface area contributed by atoms with Crippen molar-refractivity contribution in [1.82, 2.24) is 9.29 Å². The summed E-state index contributed by atoms with van der Waals surface area (Å²) < 4.78 is 31.8. The molecule has 3 rings (SSSR count). The first kappa shape index (κ1) is 17.4. The van der Waals surface area contributed by atoms with Crippen molar-refractivity contribution >= 4 is 21.8 Å². The Kier molecular flexibility index (Phi) is 5.55. The molecule has 0 aliphatic carbocycles. The molecule has 0 bridgehead atoms. The van der Waals surface area contributed by atoms with Crippen LogP contribution < -0.4 is 0 Å². The van der Waals surface area contributed by atoms with Crippen molar-refractivity contribution in [2.45, 2.75) is 22.1 Å². The van der Waals surface area contributed by atoms with Gasteiger partial charge in [-0.1, -0.05) is 42.1 Å². The van der Waals surface area contributed by atoms with E-state index in [4.69, 9.17) is 4.74 Å². The maximum atomic E-state index is 12.6. The maximum absolute atomic E-state index is 12.6. The molecule has 1 atom stereocenters. The van der Waals surface area contributed by atoms with E-state index >= 15 is 0 Å². The molecule has 24 heavy (non-hydrogen) atoms. The van der Waals surface area contributed by atoms with Crippen molar-refractivity contribution in [3.05, 3.63) is 54.2 Å². The van der Waals surface area contributed by atoms with Crippen LogP contribution in [-0.2, 0) is 14.8 Å². The Bertz CT molecular complexity index is 758. The molecular formula is C17H20N2O3S2. The first-order valence-electron chi connectivity index (χ1n) is 7.83. The average molecular weight is 364 g/mol. The number of pyridine rings is 1. The molecule has 0 saturated carbocycles. The molecule has 0 spiro atoms. The zero-order valence-corrected chi connectivity index (χ0v) is 15.1. The summed E-state index contributed by atoms with van der Waals surface area (Å²) in [5.41, 5.74) is 1.22. The third kappa shape index (κ3) is 3.97. The fraction of sp³-hybridized carbons (Fsp3) is 0.353. The number of nitrogens with zero attached hydrogens (tertiary/aromatic N) is 2. The zero-order valence-electron chi connectivity index (χ0n) is 13.5. The molecule has 1 aromatic heterocycles. The second-order valence-corrected chi connectivity index (χ2v) is 8.82. The molecule has 1 fully saturated rings. The molecule has 1 aromatic carbocycles. The summed E-state index contributed by atoms with van der Waals surface area (Å²) in [6.07, 6.45) is 1.45.